The molecule has 1 atom stereocenters. The molecule has 22 heavy (non-hydrogen) atoms. The zero-order valence-electron chi connectivity index (χ0n) is 11.6. The molecule has 2 aromatic rings. The fourth-order valence-corrected chi connectivity index (χ4v) is 2.21. The molecule has 0 saturated carbocycles. The lowest BCUT2D eigenvalue weighted by molar-refractivity contribution is -0.122. The standard InChI is InChI=1S/C15H12ClN3O3/c1-8-14(20)19-11-7-10(2-3-12(11)22-8)18-15(21)9-4-5-17-13(16)6-9/h2-8H,1H3,(H,18,21)(H,19,20). The predicted octanol–water partition coefficient (Wildman–Crippen LogP) is 2.71. The molecule has 0 fully saturated rings. The number of halogens is 1. The molecule has 1 aliphatic rings. The van der Waals surface area contributed by atoms with Crippen LogP contribution in [0.2, 0.25) is 5.15 Å². The van der Waals surface area contributed by atoms with Crippen molar-refractivity contribution in [2.24, 2.45) is 0 Å². The van der Waals surface area contributed by atoms with Crippen LogP contribution in [0.3, 0.4) is 0 Å². The molecule has 6 nitrogen and oxygen atoms in total. The molecule has 1 aromatic heterocycles. The Kier molecular flexibility index (Phi) is 3.68. The number of ether oxygens (including phenoxy) is 1. The van der Waals surface area contributed by atoms with Crippen LogP contribution in [0.25, 0.3) is 0 Å². The van der Waals surface area contributed by atoms with E-state index in [0.29, 0.717) is 22.7 Å². The van der Waals surface area contributed by atoms with Crippen LogP contribution in [-0.2, 0) is 4.79 Å². The Balaban J connectivity index is 1.80. The smallest absolute Gasteiger partial charge is 0.265 e. The van der Waals surface area contributed by atoms with Crippen molar-refractivity contribution in [3.05, 3.63) is 47.2 Å². The number of hydrogen-bond acceptors (Lipinski definition) is 4. The lowest BCUT2D eigenvalue weighted by atomic mass is 10.2. The van der Waals surface area contributed by atoms with Gasteiger partial charge in [0.15, 0.2) is 6.10 Å². The van der Waals surface area contributed by atoms with Crippen molar-refractivity contribution in [2.45, 2.75) is 13.0 Å². The largest absolute Gasteiger partial charge is 0.479 e. The Morgan fingerprint density at radius 1 is 1.36 bits per heavy atom. The number of fused-ring (bicyclic) bond motifs is 1. The van der Waals surface area contributed by atoms with Crippen molar-refractivity contribution in [3.63, 3.8) is 0 Å². The topological polar surface area (TPSA) is 80.3 Å². The maximum atomic E-state index is 12.1. The van der Waals surface area contributed by atoms with E-state index < -0.39 is 6.10 Å². The van der Waals surface area contributed by atoms with Gasteiger partial charge < -0.3 is 15.4 Å². The second-order valence-corrected chi connectivity index (χ2v) is 5.17. The van der Waals surface area contributed by atoms with Gasteiger partial charge in [0.25, 0.3) is 11.8 Å². The third-order valence-corrected chi connectivity index (χ3v) is 3.36. The fraction of sp³-hybridized carbons (Fsp3) is 0.133. The number of nitrogens with zero attached hydrogens (tertiary/aromatic N) is 1. The maximum absolute atomic E-state index is 12.1. The quantitative estimate of drug-likeness (QED) is 0.835. The van der Waals surface area contributed by atoms with E-state index in [-0.39, 0.29) is 17.0 Å². The van der Waals surface area contributed by atoms with Crippen molar-refractivity contribution in [1.29, 1.82) is 0 Å². The molecule has 2 amide bonds. The lowest BCUT2D eigenvalue weighted by Crippen LogP contribution is -2.34. The zero-order chi connectivity index (χ0) is 15.7. The van der Waals surface area contributed by atoms with E-state index in [2.05, 4.69) is 15.6 Å². The summed E-state index contributed by atoms with van der Waals surface area (Å²) in [5.74, 6) is 0.0228. The van der Waals surface area contributed by atoms with Gasteiger partial charge in [-0.3, -0.25) is 9.59 Å². The van der Waals surface area contributed by atoms with E-state index in [9.17, 15) is 9.59 Å². The summed E-state index contributed by atoms with van der Waals surface area (Å²) in [6.45, 7) is 1.67. The first-order chi connectivity index (χ1) is 10.5. The van der Waals surface area contributed by atoms with Crippen LogP contribution in [0.15, 0.2) is 36.5 Å². The highest BCUT2D eigenvalue weighted by atomic mass is 35.5. The predicted molar refractivity (Wildman–Crippen MR) is 82.4 cm³/mol. The van der Waals surface area contributed by atoms with Gasteiger partial charge in [0.1, 0.15) is 10.9 Å². The van der Waals surface area contributed by atoms with Gasteiger partial charge in [-0.05, 0) is 37.3 Å². The molecular formula is C15H12ClN3O3. The summed E-state index contributed by atoms with van der Waals surface area (Å²) >= 11 is 5.76. The number of anilines is 2. The third-order valence-electron chi connectivity index (χ3n) is 3.16. The summed E-state index contributed by atoms with van der Waals surface area (Å²) in [4.78, 5) is 27.6. The number of carbonyl (C=O) groups is 2. The number of benzene rings is 1. The van der Waals surface area contributed by atoms with Gasteiger partial charge in [-0.1, -0.05) is 11.6 Å². The second-order valence-electron chi connectivity index (χ2n) is 4.78. The molecule has 0 spiro atoms. The Labute approximate surface area is 131 Å². The first kappa shape index (κ1) is 14.3. The number of carbonyl (C=O) groups excluding carboxylic acids is 2. The molecule has 2 N–H and O–H groups in total. The van der Waals surface area contributed by atoms with Crippen molar-refractivity contribution in [1.82, 2.24) is 4.98 Å². The lowest BCUT2D eigenvalue weighted by Gasteiger charge is -2.23. The van der Waals surface area contributed by atoms with E-state index in [1.54, 1.807) is 31.2 Å². The second kappa shape index (κ2) is 5.65. The van der Waals surface area contributed by atoms with E-state index in [0.717, 1.165) is 0 Å². The van der Waals surface area contributed by atoms with Crippen LogP contribution in [0.5, 0.6) is 5.75 Å². The number of amides is 2. The molecule has 1 unspecified atom stereocenters. The monoisotopic (exact) mass is 317 g/mol. The van der Waals surface area contributed by atoms with Crippen LogP contribution >= 0.6 is 11.6 Å². The van der Waals surface area contributed by atoms with Gasteiger partial charge in [-0.25, -0.2) is 4.98 Å². The molecular weight excluding hydrogens is 306 g/mol. The average molecular weight is 318 g/mol. The SMILES string of the molecule is CC1Oc2ccc(NC(=O)c3ccnc(Cl)c3)cc2NC1=O. The molecule has 0 aliphatic carbocycles. The van der Waals surface area contributed by atoms with E-state index >= 15 is 0 Å². The van der Waals surface area contributed by atoms with Crippen molar-refractivity contribution < 1.29 is 14.3 Å². The molecule has 0 radical (unpaired) electrons. The van der Waals surface area contributed by atoms with E-state index in [1.165, 1.54) is 12.3 Å². The Morgan fingerprint density at radius 2 is 2.18 bits per heavy atom. The summed E-state index contributed by atoms with van der Waals surface area (Å²) in [6, 6.07) is 8.07. The van der Waals surface area contributed by atoms with Gasteiger partial charge in [0.2, 0.25) is 0 Å². The average Bonchev–Trinajstić information content (AvgIpc) is 2.49. The number of aromatic nitrogens is 1. The number of pyridine rings is 1. The van der Waals surface area contributed by atoms with Crippen molar-refractivity contribution in [2.75, 3.05) is 10.6 Å². The molecule has 112 valence electrons. The normalized spacial score (nSPS) is 16.3. The summed E-state index contributed by atoms with van der Waals surface area (Å²) in [5, 5.41) is 5.70. The van der Waals surface area contributed by atoms with E-state index in [1.807, 2.05) is 0 Å². The highest BCUT2D eigenvalue weighted by Gasteiger charge is 2.23. The van der Waals surface area contributed by atoms with Gasteiger partial charge in [0, 0.05) is 17.4 Å². The highest BCUT2D eigenvalue weighted by Crippen LogP contribution is 2.32. The number of hydrogen-bond donors (Lipinski definition) is 2. The van der Waals surface area contributed by atoms with Crippen molar-refractivity contribution in [3.8, 4) is 5.75 Å². The number of nitrogens with one attached hydrogen (secondary N) is 2. The van der Waals surface area contributed by atoms with Gasteiger partial charge in [0.05, 0.1) is 5.69 Å². The van der Waals surface area contributed by atoms with Gasteiger partial charge in [-0.15, -0.1) is 0 Å². The summed E-state index contributed by atoms with van der Waals surface area (Å²) in [6.07, 6.45) is 0.923. The summed E-state index contributed by atoms with van der Waals surface area (Å²) < 4.78 is 5.45. The maximum Gasteiger partial charge on any atom is 0.265 e. The molecule has 0 bridgehead atoms. The Hall–Kier alpha value is -2.60. The molecule has 1 aliphatic heterocycles. The molecule has 1 aromatic carbocycles. The molecule has 0 saturated heterocycles. The summed E-state index contributed by atoms with van der Waals surface area (Å²) in [7, 11) is 0. The van der Waals surface area contributed by atoms with Crippen LogP contribution < -0.4 is 15.4 Å². The molecule has 2 heterocycles. The van der Waals surface area contributed by atoms with Crippen LogP contribution in [0.4, 0.5) is 11.4 Å². The van der Waals surface area contributed by atoms with E-state index in [4.69, 9.17) is 16.3 Å². The van der Waals surface area contributed by atoms with Gasteiger partial charge in [-0.2, -0.15) is 0 Å². The Bertz CT molecular complexity index is 763. The Morgan fingerprint density at radius 3 is 2.95 bits per heavy atom. The fourth-order valence-electron chi connectivity index (χ4n) is 2.03. The van der Waals surface area contributed by atoms with Crippen LogP contribution in [-0.4, -0.2) is 22.9 Å². The minimum absolute atomic E-state index is 0.225. The third kappa shape index (κ3) is 2.87. The molecule has 3 rings (SSSR count). The zero-order valence-corrected chi connectivity index (χ0v) is 12.3. The first-order valence-corrected chi connectivity index (χ1v) is 6.95. The minimum atomic E-state index is -0.535. The minimum Gasteiger partial charge on any atom is -0.479 e. The first-order valence-electron chi connectivity index (χ1n) is 6.57. The van der Waals surface area contributed by atoms with Crippen LogP contribution in [0.1, 0.15) is 17.3 Å². The highest BCUT2D eigenvalue weighted by molar-refractivity contribution is 6.29. The summed E-state index contributed by atoms with van der Waals surface area (Å²) in [5.41, 5.74) is 1.45. The number of rotatable bonds is 2. The van der Waals surface area contributed by atoms with Crippen molar-refractivity contribution >= 4 is 34.8 Å². The van der Waals surface area contributed by atoms with Gasteiger partial charge >= 0.3 is 0 Å². The molecule has 7 heteroatoms. The van der Waals surface area contributed by atoms with Crippen LogP contribution in [0, 0.1) is 0 Å².